The number of benzene rings is 3. The lowest BCUT2D eigenvalue weighted by atomic mass is 9.96. The van der Waals surface area contributed by atoms with Gasteiger partial charge in [0.1, 0.15) is 22.6 Å². The third-order valence-corrected chi connectivity index (χ3v) is 7.67. The van der Waals surface area contributed by atoms with Crippen LogP contribution < -0.4 is 5.43 Å². The molecular weight excluding hydrogens is 510 g/mol. The fraction of sp³-hybridized carbons (Fsp3) is 0.143. The van der Waals surface area contributed by atoms with E-state index in [1.54, 1.807) is 12.1 Å². The van der Waals surface area contributed by atoms with Gasteiger partial charge in [-0.25, -0.2) is 4.98 Å². The summed E-state index contributed by atoms with van der Waals surface area (Å²) in [5.41, 5.74) is 3.38. The molecule has 0 atom stereocenters. The highest BCUT2D eigenvalue weighted by molar-refractivity contribution is 7.99. The molecule has 0 unspecified atom stereocenters. The number of aromatic hydroxyl groups is 2. The van der Waals surface area contributed by atoms with E-state index in [0.717, 1.165) is 33.2 Å². The average molecular weight is 532 g/mol. The van der Waals surface area contributed by atoms with Gasteiger partial charge in [0.2, 0.25) is 0 Å². The molecule has 186 valence electrons. The Morgan fingerprint density at radius 1 is 1.11 bits per heavy atom. The molecule has 1 aliphatic heterocycles. The number of phenols is 2. The minimum Gasteiger partial charge on any atom is -0.507 e. The van der Waals surface area contributed by atoms with Crippen LogP contribution in [0, 0.1) is 0 Å². The van der Waals surface area contributed by atoms with Gasteiger partial charge in [-0.05, 0) is 49.4 Å². The Labute approximate surface area is 221 Å². The summed E-state index contributed by atoms with van der Waals surface area (Å²) in [6.45, 7) is 1.50. The van der Waals surface area contributed by atoms with Gasteiger partial charge in [0.25, 0.3) is 0 Å². The predicted octanol–water partition coefficient (Wildman–Crippen LogP) is 6.27. The molecule has 3 heterocycles. The Kier molecular flexibility index (Phi) is 5.95. The van der Waals surface area contributed by atoms with Gasteiger partial charge in [-0.3, -0.25) is 4.79 Å². The number of H-pyrrole nitrogens is 1. The standard InChI is InChI=1S/C28H22ClN3O4S/c1-32-10-8-15(9-11-32)25-21(33)13-22(34)26-23(35)14-24(36-27(25)26)17-7-6-16(12-18(17)29)37-28-30-19-4-2-3-5-20(19)31-28/h2-8,12-14,33-34H,9-11H2,1H3,(H,30,31). The van der Waals surface area contributed by atoms with Crippen LogP contribution in [0.25, 0.3) is 38.9 Å². The molecule has 9 heteroatoms. The van der Waals surface area contributed by atoms with Gasteiger partial charge in [-0.1, -0.05) is 41.6 Å². The molecule has 0 amide bonds. The van der Waals surface area contributed by atoms with E-state index < -0.39 is 5.43 Å². The fourth-order valence-electron chi connectivity index (χ4n) is 4.59. The predicted molar refractivity (Wildman–Crippen MR) is 147 cm³/mol. The molecule has 0 aliphatic carbocycles. The van der Waals surface area contributed by atoms with Gasteiger partial charge in [0, 0.05) is 35.7 Å². The molecule has 3 aromatic carbocycles. The van der Waals surface area contributed by atoms with Crippen LogP contribution in [0.15, 0.2) is 79.9 Å². The minimum absolute atomic E-state index is 0.0320. The van der Waals surface area contributed by atoms with Crippen molar-refractivity contribution in [2.45, 2.75) is 16.5 Å². The zero-order valence-corrected chi connectivity index (χ0v) is 21.4. The number of para-hydroxylation sites is 2. The van der Waals surface area contributed by atoms with Crippen molar-refractivity contribution in [1.29, 1.82) is 0 Å². The number of hydrogen-bond acceptors (Lipinski definition) is 7. The zero-order valence-electron chi connectivity index (χ0n) is 19.8. The number of nitrogens with one attached hydrogen (secondary N) is 1. The van der Waals surface area contributed by atoms with Crippen LogP contribution in [0.1, 0.15) is 12.0 Å². The lowest BCUT2D eigenvalue weighted by Crippen LogP contribution is -2.23. The normalized spacial score (nSPS) is 14.4. The Bertz CT molecular complexity index is 1740. The van der Waals surface area contributed by atoms with E-state index in [2.05, 4.69) is 14.9 Å². The van der Waals surface area contributed by atoms with E-state index in [-0.39, 0.29) is 28.2 Å². The number of nitrogens with zero attached hydrogens (tertiary/aromatic N) is 2. The molecule has 3 N–H and O–H groups in total. The first-order valence-electron chi connectivity index (χ1n) is 11.7. The lowest BCUT2D eigenvalue weighted by Gasteiger charge is -2.23. The van der Waals surface area contributed by atoms with E-state index >= 15 is 0 Å². The van der Waals surface area contributed by atoms with E-state index in [1.165, 1.54) is 23.9 Å². The number of hydrogen-bond donors (Lipinski definition) is 3. The monoisotopic (exact) mass is 531 g/mol. The second-order valence-electron chi connectivity index (χ2n) is 9.01. The first-order chi connectivity index (χ1) is 17.9. The highest BCUT2D eigenvalue weighted by atomic mass is 35.5. The van der Waals surface area contributed by atoms with E-state index in [1.807, 2.05) is 43.5 Å². The summed E-state index contributed by atoms with van der Waals surface area (Å²) in [5, 5.41) is 22.4. The van der Waals surface area contributed by atoms with Gasteiger partial charge >= 0.3 is 0 Å². The maximum absolute atomic E-state index is 13.1. The number of likely N-dealkylation sites (N-methyl/N-ethyl adjacent to an activating group) is 1. The Hall–Kier alpha value is -3.72. The number of phenolic OH excluding ortho intramolecular Hbond substituents is 2. The number of aromatic amines is 1. The number of rotatable bonds is 4. The second-order valence-corrected chi connectivity index (χ2v) is 10.5. The van der Waals surface area contributed by atoms with Crippen molar-refractivity contribution in [3.8, 4) is 22.8 Å². The third kappa shape index (κ3) is 4.37. The lowest BCUT2D eigenvalue weighted by molar-refractivity contribution is 0.369. The summed E-state index contributed by atoms with van der Waals surface area (Å²) in [4.78, 5) is 24.0. The third-order valence-electron chi connectivity index (χ3n) is 6.48. The smallest absolute Gasteiger partial charge is 0.197 e. The molecule has 0 fully saturated rings. The minimum atomic E-state index is -0.416. The fourth-order valence-corrected chi connectivity index (χ4v) is 5.77. The average Bonchev–Trinajstić information content (AvgIpc) is 3.27. The summed E-state index contributed by atoms with van der Waals surface area (Å²) in [7, 11) is 2.01. The summed E-state index contributed by atoms with van der Waals surface area (Å²) in [5.74, 6) is -0.207. The van der Waals surface area contributed by atoms with Crippen molar-refractivity contribution < 1.29 is 14.6 Å². The SMILES string of the molecule is CN1CC=C(c2c(O)cc(O)c3c(=O)cc(-c4ccc(Sc5nc6ccccc6[nH]5)cc4Cl)oc23)CC1. The van der Waals surface area contributed by atoms with E-state index in [0.29, 0.717) is 29.1 Å². The summed E-state index contributed by atoms with van der Waals surface area (Å²) in [6.07, 6.45) is 2.67. The molecule has 6 rings (SSSR count). The molecule has 0 radical (unpaired) electrons. The largest absolute Gasteiger partial charge is 0.507 e. The number of fused-ring (bicyclic) bond motifs is 2. The first-order valence-corrected chi connectivity index (χ1v) is 12.9. The first kappa shape index (κ1) is 23.7. The van der Waals surface area contributed by atoms with Gasteiger partial charge in [0.15, 0.2) is 16.2 Å². The van der Waals surface area contributed by atoms with E-state index in [9.17, 15) is 15.0 Å². The van der Waals surface area contributed by atoms with Crippen LogP contribution in [0.4, 0.5) is 0 Å². The quantitative estimate of drug-likeness (QED) is 0.251. The molecule has 7 nitrogen and oxygen atoms in total. The van der Waals surface area contributed by atoms with Crippen molar-refractivity contribution in [2.75, 3.05) is 20.1 Å². The van der Waals surface area contributed by atoms with Crippen molar-refractivity contribution in [1.82, 2.24) is 14.9 Å². The maximum atomic E-state index is 13.1. The van der Waals surface area contributed by atoms with Crippen LogP contribution in [-0.2, 0) is 0 Å². The second kappa shape index (κ2) is 9.30. The molecule has 5 aromatic rings. The van der Waals surface area contributed by atoms with Crippen molar-refractivity contribution in [3.05, 3.63) is 81.5 Å². The molecule has 2 aromatic heterocycles. The number of aromatic nitrogens is 2. The van der Waals surface area contributed by atoms with Crippen molar-refractivity contribution in [2.24, 2.45) is 0 Å². The van der Waals surface area contributed by atoms with Crippen LogP contribution >= 0.6 is 23.4 Å². The van der Waals surface area contributed by atoms with Crippen LogP contribution in [0.5, 0.6) is 11.5 Å². The molecule has 37 heavy (non-hydrogen) atoms. The van der Waals surface area contributed by atoms with Crippen LogP contribution in [0.2, 0.25) is 5.02 Å². The summed E-state index contributed by atoms with van der Waals surface area (Å²) >= 11 is 8.10. The van der Waals surface area contributed by atoms with E-state index in [4.69, 9.17) is 16.0 Å². The van der Waals surface area contributed by atoms with Crippen molar-refractivity contribution in [3.63, 3.8) is 0 Å². The molecule has 0 spiro atoms. The summed E-state index contributed by atoms with van der Waals surface area (Å²) < 4.78 is 6.20. The van der Waals surface area contributed by atoms with Gasteiger partial charge in [-0.15, -0.1) is 0 Å². The van der Waals surface area contributed by atoms with Gasteiger partial charge in [0.05, 0.1) is 21.6 Å². The van der Waals surface area contributed by atoms with Crippen LogP contribution in [-0.4, -0.2) is 45.2 Å². The topological polar surface area (TPSA) is 103 Å². The number of halogens is 1. The molecule has 0 saturated heterocycles. The molecular formula is C28H22ClN3O4S. The van der Waals surface area contributed by atoms with Crippen LogP contribution in [0.3, 0.4) is 0 Å². The van der Waals surface area contributed by atoms with Crippen molar-refractivity contribution >= 4 is 50.9 Å². The zero-order chi connectivity index (χ0) is 25.7. The maximum Gasteiger partial charge on any atom is 0.197 e. The summed E-state index contributed by atoms with van der Waals surface area (Å²) in [6, 6.07) is 15.8. The van der Waals surface area contributed by atoms with Gasteiger partial charge < -0.3 is 24.5 Å². The Morgan fingerprint density at radius 3 is 2.70 bits per heavy atom. The highest BCUT2D eigenvalue weighted by Gasteiger charge is 2.23. The van der Waals surface area contributed by atoms with Gasteiger partial charge in [-0.2, -0.15) is 0 Å². The number of imidazole rings is 1. The Balaban J connectivity index is 1.42. The molecule has 1 aliphatic rings. The highest BCUT2D eigenvalue weighted by Crippen LogP contribution is 2.41. The molecule has 0 bridgehead atoms. The molecule has 0 saturated carbocycles. The Morgan fingerprint density at radius 2 is 1.95 bits per heavy atom.